The summed E-state index contributed by atoms with van der Waals surface area (Å²) in [7, 11) is -0.560. The number of nitrogens with zero attached hydrogens (tertiary/aromatic N) is 2. The quantitative estimate of drug-likeness (QED) is 0.706. The van der Waals surface area contributed by atoms with Crippen molar-refractivity contribution >= 4 is 15.7 Å². The lowest BCUT2D eigenvalue weighted by Gasteiger charge is -2.12. The third-order valence-electron chi connectivity index (χ3n) is 3.97. The van der Waals surface area contributed by atoms with Gasteiger partial charge in [0.25, 0.3) is 0 Å². The lowest BCUT2D eigenvalue weighted by Crippen LogP contribution is -2.13. The van der Waals surface area contributed by atoms with Crippen LogP contribution in [-0.2, 0) is 16.2 Å². The summed E-state index contributed by atoms with van der Waals surface area (Å²) in [5.74, 6) is -1.80. The maximum atomic E-state index is 13.2. The second-order valence-corrected chi connectivity index (χ2v) is 7.71. The molecule has 3 rings (SSSR count). The first kappa shape index (κ1) is 19.9. The highest BCUT2D eigenvalue weighted by molar-refractivity contribution is 7.89. The van der Waals surface area contributed by atoms with Crippen molar-refractivity contribution in [2.75, 3.05) is 19.0 Å². The first-order chi connectivity index (χ1) is 13.0. The molecule has 0 aliphatic rings. The van der Waals surface area contributed by atoms with Gasteiger partial charge in [-0.2, -0.15) is 13.2 Å². The minimum Gasteiger partial charge on any atom is -0.432 e. The molecule has 0 atom stereocenters. The van der Waals surface area contributed by atoms with E-state index in [1.807, 2.05) is 19.0 Å². The SMILES string of the molecule is CN(C)c1ccc(-c2nc(C(F)(F)F)oc2-c2ccccc2S(N)(=O)=O)cc1. The number of benzene rings is 2. The van der Waals surface area contributed by atoms with Gasteiger partial charge in [0.05, 0.1) is 4.90 Å². The third-order valence-corrected chi connectivity index (χ3v) is 4.93. The number of sulfonamides is 1. The van der Waals surface area contributed by atoms with Gasteiger partial charge < -0.3 is 9.32 Å². The summed E-state index contributed by atoms with van der Waals surface area (Å²) in [6.07, 6.45) is -4.84. The number of hydrogen-bond acceptors (Lipinski definition) is 5. The van der Waals surface area contributed by atoms with Gasteiger partial charge in [-0.25, -0.2) is 18.5 Å². The maximum absolute atomic E-state index is 13.2. The van der Waals surface area contributed by atoms with Crippen LogP contribution in [0.5, 0.6) is 0 Å². The summed E-state index contributed by atoms with van der Waals surface area (Å²) in [5, 5.41) is 5.21. The van der Waals surface area contributed by atoms with Gasteiger partial charge in [0.1, 0.15) is 5.69 Å². The summed E-state index contributed by atoms with van der Waals surface area (Å²) in [5.41, 5.74) is 0.937. The number of alkyl halides is 3. The monoisotopic (exact) mass is 411 g/mol. The molecule has 2 N–H and O–H groups in total. The molecule has 0 radical (unpaired) electrons. The zero-order valence-electron chi connectivity index (χ0n) is 14.9. The molecule has 0 aliphatic heterocycles. The van der Waals surface area contributed by atoms with Crippen LogP contribution in [0.2, 0.25) is 0 Å². The van der Waals surface area contributed by atoms with Crippen molar-refractivity contribution in [3.05, 3.63) is 54.4 Å². The largest absolute Gasteiger partial charge is 0.468 e. The summed E-state index contributed by atoms with van der Waals surface area (Å²) >= 11 is 0. The van der Waals surface area contributed by atoms with Crippen LogP contribution in [0.3, 0.4) is 0 Å². The fourth-order valence-corrected chi connectivity index (χ4v) is 3.37. The molecule has 2 aromatic carbocycles. The standard InChI is InChI=1S/C18H16F3N3O3S/c1-24(2)12-9-7-11(8-10-12)15-16(27-17(23-15)18(19,20)21)13-5-3-4-6-14(13)28(22,25)26/h3-10H,1-2H3,(H2,22,25,26). The van der Waals surface area contributed by atoms with Crippen LogP contribution >= 0.6 is 0 Å². The van der Waals surface area contributed by atoms with Gasteiger partial charge >= 0.3 is 12.1 Å². The van der Waals surface area contributed by atoms with E-state index in [1.54, 1.807) is 24.3 Å². The van der Waals surface area contributed by atoms with Crippen molar-refractivity contribution in [2.45, 2.75) is 11.1 Å². The highest BCUT2D eigenvalue weighted by Crippen LogP contribution is 2.40. The van der Waals surface area contributed by atoms with Crippen molar-refractivity contribution < 1.29 is 26.0 Å². The van der Waals surface area contributed by atoms with E-state index in [4.69, 9.17) is 9.56 Å². The molecule has 6 nitrogen and oxygen atoms in total. The minimum absolute atomic E-state index is 0.0975. The van der Waals surface area contributed by atoms with Crippen molar-refractivity contribution in [1.82, 2.24) is 4.98 Å². The molecule has 0 saturated heterocycles. The highest BCUT2D eigenvalue weighted by Gasteiger charge is 2.39. The van der Waals surface area contributed by atoms with Gasteiger partial charge in [0.2, 0.25) is 10.0 Å². The number of nitrogens with two attached hydrogens (primary N) is 1. The Morgan fingerprint density at radius 3 is 2.18 bits per heavy atom. The van der Waals surface area contributed by atoms with Gasteiger partial charge in [-0.3, -0.25) is 0 Å². The maximum Gasteiger partial charge on any atom is 0.468 e. The van der Waals surface area contributed by atoms with E-state index in [9.17, 15) is 21.6 Å². The average Bonchev–Trinajstić information content (AvgIpc) is 3.06. The number of halogens is 3. The summed E-state index contributed by atoms with van der Waals surface area (Å²) in [6.45, 7) is 0. The van der Waals surface area contributed by atoms with Crippen LogP contribution in [0.1, 0.15) is 5.89 Å². The Bertz CT molecular complexity index is 1110. The number of rotatable bonds is 4. The van der Waals surface area contributed by atoms with E-state index in [-0.39, 0.29) is 21.9 Å². The molecule has 0 spiro atoms. The first-order valence-electron chi connectivity index (χ1n) is 7.96. The predicted molar refractivity (Wildman–Crippen MR) is 98.1 cm³/mol. The van der Waals surface area contributed by atoms with Crippen LogP contribution in [0.25, 0.3) is 22.6 Å². The lowest BCUT2D eigenvalue weighted by molar-refractivity contribution is -0.156. The minimum atomic E-state index is -4.84. The van der Waals surface area contributed by atoms with E-state index in [2.05, 4.69) is 4.98 Å². The molecular formula is C18H16F3N3O3S. The normalized spacial score (nSPS) is 12.2. The molecule has 0 bridgehead atoms. The Kier molecular flexibility index (Phi) is 4.94. The van der Waals surface area contributed by atoms with Gasteiger partial charge in [0, 0.05) is 30.9 Å². The summed E-state index contributed by atoms with van der Waals surface area (Å²) < 4.78 is 68.4. The van der Waals surface area contributed by atoms with Gasteiger partial charge in [-0.05, 0) is 24.3 Å². The second-order valence-electron chi connectivity index (χ2n) is 6.18. The van der Waals surface area contributed by atoms with E-state index in [0.717, 1.165) is 5.69 Å². The Labute approximate surface area is 159 Å². The van der Waals surface area contributed by atoms with Crippen molar-refractivity contribution in [3.63, 3.8) is 0 Å². The summed E-state index contributed by atoms with van der Waals surface area (Å²) in [4.78, 5) is 5.05. The number of aromatic nitrogens is 1. The fourth-order valence-electron chi connectivity index (χ4n) is 2.64. The summed E-state index contributed by atoms with van der Waals surface area (Å²) in [6, 6.07) is 12.0. The molecule has 0 aliphatic carbocycles. The average molecular weight is 411 g/mol. The zero-order valence-corrected chi connectivity index (χ0v) is 15.7. The fraction of sp³-hybridized carbons (Fsp3) is 0.167. The van der Waals surface area contributed by atoms with Gasteiger partial charge in [0.15, 0.2) is 5.76 Å². The van der Waals surface area contributed by atoms with E-state index < -0.39 is 22.1 Å². The Morgan fingerprint density at radius 1 is 1.04 bits per heavy atom. The highest BCUT2D eigenvalue weighted by atomic mass is 32.2. The Morgan fingerprint density at radius 2 is 1.64 bits per heavy atom. The van der Waals surface area contributed by atoms with E-state index >= 15 is 0 Å². The zero-order chi connectivity index (χ0) is 20.7. The topological polar surface area (TPSA) is 89.4 Å². The van der Waals surface area contributed by atoms with Crippen LogP contribution in [-0.4, -0.2) is 27.5 Å². The smallest absolute Gasteiger partial charge is 0.432 e. The first-order valence-corrected chi connectivity index (χ1v) is 9.51. The molecule has 1 heterocycles. The molecule has 0 amide bonds. The van der Waals surface area contributed by atoms with Gasteiger partial charge in [-0.1, -0.05) is 24.3 Å². The van der Waals surface area contributed by atoms with Crippen molar-refractivity contribution in [1.29, 1.82) is 0 Å². The van der Waals surface area contributed by atoms with E-state index in [0.29, 0.717) is 5.56 Å². The number of hydrogen-bond donors (Lipinski definition) is 1. The molecule has 28 heavy (non-hydrogen) atoms. The molecule has 0 unspecified atom stereocenters. The number of anilines is 1. The molecule has 148 valence electrons. The number of primary sulfonamides is 1. The molecule has 3 aromatic rings. The van der Waals surface area contributed by atoms with Crippen LogP contribution in [0.15, 0.2) is 57.8 Å². The van der Waals surface area contributed by atoms with Crippen molar-refractivity contribution in [3.8, 4) is 22.6 Å². The van der Waals surface area contributed by atoms with Crippen LogP contribution in [0, 0.1) is 0 Å². The lowest BCUT2D eigenvalue weighted by atomic mass is 10.1. The molecule has 0 saturated carbocycles. The van der Waals surface area contributed by atoms with Gasteiger partial charge in [-0.15, -0.1) is 0 Å². The Balaban J connectivity index is 2.26. The Hall–Kier alpha value is -2.85. The molecule has 1 aromatic heterocycles. The predicted octanol–water partition coefficient (Wildman–Crippen LogP) is 3.74. The molecule has 0 fully saturated rings. The van der Waals surface area contributed by atoms with Crippen LogP contribution < -0.4 is 10.0 Å². The third kappa shape index (κ3) is 3.87. The molecular weight excluding hydrogens is 395 g/mol. The van der Waals surface area contributed by atoms with Crippen LogP contribution in [0.4, 0.5) is 18.9 Å². The van der Waals surface area contributed by atoms with E-state index in [1.165, 1.54) is 24.3 Å². The van der Waals surface area contributed by atoms with Crippen molar-refractivity contribution in [2.24, 2.45) is 5.14 Å². The number of oxazole rings is 1. The molecule has 10 heteroatoms. The second kappa shape index (κ2) is 6.95.